The van der Waals surface area contributed by atoms with Gasteiger partial charge in [0.25, 0.3) is 0 Å². The monoisotopic (exact) mass is 312 g/mol. The molecule has 0 fully saturated rings. The standard InChI is InChI=1S/C19H24O2Si/c1-4-22(5-2,6-3)18-14-12-16(13-15-18)19(20)21-17-10-8-7-9-11-17/h7-15H,4-6H2,1-3H3. The van der Waals surface area contributed by atoms with Crippen molar-refractivity contribution in [1.82, 2.24) is 0 Å². The van der Waals surface area contributed by atoms with Gasteiger partial charge in [0.15, 0.2) is 0 Å². The van der Waals surface area contributed by atoms with Gasteiger partial charge in [-0.25, -0.2) is 4.79 Å². The topological polar surface area (TPSA) is 26.3 Å². The molecule has 3 heteroatoms. The molecular formula is C19H24O2Si. The van der Waals surface area contributed by atoms with Crippen LogP contribution in [0.3, 0.4) is 0 Å². The molecule has 2 nitrogen and oxygen atoms in total. The van der Waals surface area contributed by atoms with Crippen molar-refractivity contribution in [1.29, 1.82) is 0 Å². The predicted molar refractivity (Wildman–Crippen MR) is 94.7 cm³/mol. The molecule has 0 unspecified atom stereocenters. The highest BCUT2D eigenvalue weighted by Crippen LogP contribution is 2.20. The van der Waals surface area contributed by atoms with Crippen molar-refractivity contribution >= 4 is 19.2 Å². The number of para-hydroxylation sites is 1. The van der Waals surface area contributed by atoms with Crippen LogP contribution >= 0.6 is 0 Å². The molecule has 0 aliphatic heterocycles. The van der Waals surface area contributed by atoms with E-state index >= 15 is 0 Å². The van der Waals surface area contributed by atoms with Gasteiger partial charge >= 0.3 is 5.97 Å². The van der Waals surface area contributed by atoms with Gasteiger partial charge < -0.3 is 4.74 Å². The fraction of sp³-hybridized carbons (Fsp3) is 0.316. The molecule has 0 bridgehead atoms. The van der Waals surface area contributed by atoms with Crippen LogP contribution in [-0.4, -0.2) is 14.0 Å². The Morgan fingerprint density at radius 2 is 1.41 bits per heavy atom. The second-order valence-electron chi connectivity index (χ2n) is 5.62. The molecule has 0 heterocycles. The van der Waals surface area contributed by atoms with E-state index in [1.54, 1.807) is 12.1 Å². The molecular weight excluding hydrogens is 288 g/mol. The Labute approximate surface area is 134 Å². The lowest BCUT2D eigenvalue weighted by molar-refractivity contribution is 0.0735. The first-order chi connectivity index (χ1) is 10.6. The molecule has 0 N–H and O–H groups in total. The van der Waals surface area contributed by atoms with E-state index in [1.807, 2.05) is 30.3 Å². The summed E-state index contributed by atoms with van der Waals surface area (Å²) >= 11 is 0. The van der Waals surface area contributed by atoms with Gasteiger partial charge in [0.1, 0.15) is 5.75 Å². The van der Waals surface area contributed by atoms with Gasteiger partial charge in [0.05, 0.1) is 13.6 Å². The third-order valence-corrected chi connectivity index (χ3v) is 10.3. The predicted octanol–water partition coefficient (Wildman–Crippen LogP) is 4.62. The molecule has 0 atom stereocenters. The number of hydrogen-bond acceptors (Lipinski definition) is 2. The summed E-state index contributed by atoms with van der Waals surface area (Å²) in [5.74, 6) is 0.283. The molecule has 0 spiro atoms. The van der Waals surface area contributed by atoms with Crippen molar-refractivity contribution in [2.75, 3.05) is 0 Å². The van der Waals surface area contributed by atoms with Gasteiger partial charge in [-0.2, -0.15) is 0 Å². The molecule has 0 aromatic heterocycles. The van der Waals surface area contributed by atoms with Crippen LogP contribution in [0.15, 0.2) is 54.6 Å². The lowest BCUT2D eigenvalue weighted by atomic mass is 10.2. The molecule has 0 saturated carbocycles. The summed E-state index contributed by atoms with van der Waals surface area (Å²) in [5.41, 5.74) is 0.610. The molecule has 2 rings (SSSR count). The highest BCUT2D eigenvalue weighted by molar-refractivity contribution is 6.91. The maximum Gasteiger partial charge on any atom is 0.343 e. The van der Waals surface area contributed by atoms with Gasteiger partial charge in [-0.1, -0.05) is 74.4 Å². The summed E-state index contributed by atoms with van der Waals surface area (Å²) in [5, 5.41) is 1.44. The average molecular weight is 312 g/mol. The maximum atomic E-state index is 12.2. The Morgan fingerprint density at radius 3 is 1.91 bits per heavy atom. The van der Waals surface area contributed by atoms with Crippen LogP contribution < -0.4 is 9.92 Å². The Balaban J connectivity index is 2.16. The van der Waals surface area contributed by atoms with Crippen LogP contribution in [0, 0.1) is 0 Å². The number of esters is 1. The fourth-order valence-corrected chi connectivity index (χ4v) is 6.58. The molecule has 0 aliphatic rings. The van der Waals surface area contributed by atoms with E-state index in [2.05, 4.69) is 32.9 Å². The zero-order chi connectivity index (χ0) is 16.0. The first kappa shape index (κ1) is 16.5. The quantitative estimate of drug-likeness (QED) is 0.442. The molecule has 0 aliphatic carbocycles. The van der Waals surface area contributed by atoms with Crippen molar-refractivity contribution in [3.63, 3.8) is 0 Å². The highest BCUT2D eigenvalue weighted by atomic mass is 28.3. The number of benzene rings is 2. The van der Waals surface area contributed by atoms with E-state index in [-0.39, 0.29) is 5.97 Å². The Hall–Kier alpha value is -1.87. The van der Waals surface area contributed by atoms with E-state index < -0.39 is 8.07 Å². The second kappa shape index (κ2) is 7.41. The molecule has 0 radical (unpaired) electrons. The first-order valence-electron chi connectivity index (χ1n) is 8.03. The summed E-state index contributed by atoms with van der Waals surface area (Å²) in [7, 11) is -1.38. The zero-order valence-electron chi connectivity index (χ0n) is 13.6. The third kappa shape index (κ3) is 3.47. The largest absolute Gasteiger partial charge is 0.423 e. The molecule has 0 saturated heterocycles. The van der Waals surface area contributed by atoms with E-state index in [0.29, 0.717) is 11.3 Å². The number of hydrogen-bond donors (Lipinski definition) is 0. The van der Waals surface area contributed by atoms with Crippen LogP contribution in [0.5, 0.6) is 5.75 Å². The SMILES string of the molecule is CC[Si](CC)(CC)c1ccc(C(=O)Oc2ccccc2)cc1. The zero-order valence-corrected chi connectivity index (χ0v) is 14.6. The molecule has 2 aromatic rings. The minimum atomic E-state index is -1.38. The third-order valence-electron chi connectivity index (χ3n) is 4.72. The van der Waals surface area contributed by atoms with Crippen molar-refractivity contribution in [3.05, 3.63) is 60.2 Å². The van der Waals surface area contributed by atoms with Gasteiger partial charge in [-0.3, -0.25) is 0 Å². The average Bonchev–Trinajstić information content (AvgIpc) is 2.58. The number of ether oxygens (including phenoxy) is 1. The summed E-state index contributed by atoms with van der Waals surface area (Å²) in [4.78, 5) is 12.2. The van der Waals surface area contributed by atoms with E-state index in [4.69, 9.17) is 4.74 Å². The van der Waals surface area contributed by atoms with Crippen LogP contribution in [0.4, 0.5) is 0 Å². The van der Waals surface area contributed by atoms with Crippen molar-refractivity contribution in [2.45, 2.75) is 38.9 Å². The summed E-state index contributed by atoms with van der Waals surface area (Å²) in [6, 6.07) is 21.0. The normalized spacial score (nSPS) is 11.2. The van der Waals surface area contributed by atoms with Crippen molar-refractivity contribution in [3.8, 4) is 5.75 Å². The second-order valence-corrected chi connectivity index (χ2v) is 10.9. The molecule has 116 valence electrons. The Kier molecular flexibility index (Phi) is 5.55. The first-order valence-corrected chi connectivity index (χ1v) is 10.6. The van der Waals surface area contributed by atoms with Crippen LogP contribution in [0.1, 0.15) is 31.1 Å². The molecule has 22 heavy (non-hydrogen) atoms. The van der Waals surface area contributed by atoms with E-state index in [9.17, 15) is 4.79 Å². The van der Waals surface area contributed by atoms with Crippen LogP contribution in [0.25, 0.3) is 0 Å². The minimum absolute atomic E-state index is 0.297. The lowest BCUT2D eigenvalue weighted by Gasteiger charge is -2.28. The maximum absolute atomic E-state index is 12.2. The van der Waals surface area contributed by atoms with E-state index in [1.165, 1.54) is 23.3 Å². The highest BCUT2D eigenvalue weighted by Gasteiger charge is 2.28. The van der Waals surface area contributed by atoms with Crippen LogP contribution in [0.2, 0.25) is 18.1 Å². The van der Waals surface area contributed by atoms with Gasteiger partial charge in [-0.15, -0.1) is 0 Å². The Bertz CT molecular complexity index is 593. The van der Waals surface area contributed by atoms with Crippen molar-refractivity contribution in [2.24, 2.45) is 0 Å². The van der Waals surface area contributed by atoms with Gasteiger partial charge in [0.2, 0.25) is 0 Å². The fourth-order valence-electron chi connectivity index (χ4n) is 2.98. The van der Waals surface area contributed by atoms with Crippen LogP contribution in [-0.2, 0) is 0 Å². The minimum Gasteiger partial charge on any atom is -0.423 e. The number of carbonyl (C=O) groups excluding carboxylic acids is 1. The van der Waals surface area contributed by atoms with E-state index in [0.717, 1.165) is 0 Å². The van der Waals surface area contributed by atoms with Gasteiger partial charge in [0, 0.05) is 0 Å². The smallest absolute Gasteiger partial charge is 0.343 e. The van der Waals surface area contributed by atoms with Gasteiger partial charge in [-0.05, 0) is 24.3 Å². The number of rotatable bonds is 6. The Morgan fingerprint density at radius 1 is 0.864 bits per heavy atom. The van der Waals surface area contributed by atoms with Crippen molar-refractivity contribution < 1.29 is 9.53 Å². The lowest BCUT2D eigenvalue weighted by Crippen LogP contribution is -2.45. The summed E-state index contributed by atoms with van der Waals surface area (Å²) < 4.78 is 5.38. The summed E-state index contributed by atoms with van der Waals surface area (Å²) in [6.07, 6.45) is 0. The molecule has 0 amide bonds. The molecule has 2 aromatic carbocycles. The summed E-state index contributed by atoms with van der Waals surface area (Å²) in [6.45, 7) is 6.87. The number of carbonyl (C=O) groups is 1.